The molecule has 2 rings (SSSR count). The Morgan fingerprint density at radius 2 is 1.65 bits per heavy atom. The molecule has 90 valence electrons. The molecule has 2 aromatic heterocycles. The summed E-state index contributed by atoms with van der Waals surface area (Å²) in [5.74, 6) is -6.43. The van der Waals surface area contributed by atoms with E-state index >= 15 is 0 Å². The van der Waals surface area contributed by atoms with E-state index in [1.807, 2.05) is 0 Å². The van der Waals surface area contributed by atoms with E-state index in [-0.39, 0.29) is 5.56 Å². The fourth-order valence-corrected chi connectivity index (χ4v) is 1.85. The van der Waals surface area contributed by atoms with Gasteiger partial charge >= 0.3 is 0 Å². The van der Waals surface area contributed by atoms with Crippen LogP contribution in [0.15, 0.2) is 6.20 Å². The molecular formula is C9H4F4IN3. The molecule has 0 bridgehead atoms. The highest BCUT2D eigenvalue weighted by Crippen LogP contribution is 2.31. The van der Waals surface area contributed by atoms with Gasteiger partial charge in [0.2, 0.25) is 0 Å². The second-order valence-corrected chi connectivity index (χ2v) is 4.19. The lowest BCUT2D eigenvalue weighted by molar-refractivity contribution is 0.410. The quantitative estimate of drug-likeness (QED) is 0.446. The normalized spacial score (nSPS) is 10.9. The van der Waals surface area contributed by atoms with Gasteiger partial charge in [-0.3, -0.25) is 4.68 Å². The van der Waals surface area contributed by atoms with Gasteiger partial charge in [-0.2, -0.15) is 18.9 Å². The van der Waals surface area contributed by atoms with Crippen molar-refractivity contribution < 1.29 is 17.6 Å². The summed E-state index contributed by atoms with van der Waals surface area (Å²) < 4.78 is 54.4. The van der Waals surface area contributed by atoms with Crippen LogP contribution in [0.25, 0.3) is 11.1 Å². The van der Waals surface area contributed by atoms with Crippen LogP contribution in [0.1, 0.15) is 0 Å². The Balaban J connectivity index is 2.79. The van der Waals surface area contributed by atoms with Gasteiger partial charge < -0.3 is 0 Å². The van der Waals surface area contributed by atoms with Crippen molar-refractivity contribution in [3.8, 4) is 11.1 Å². The fraction of sp³-hybridized carbons (Fsp3) is 0.111. The van der Waals surface area contributed by atoms with E-state index in [0.717, 1.165) is 6.20 Å². The average Bonchev–Trinajstić information content (AvgIpc) is 2.59. The summed E-state index contributed by atoms with van der Waals surface area (Å²) in [6.45, 7) is 0. The number of hydrogen-bond donors (Lipinski definition) is 0. The summed E-state index contributed by atoms with van der Waals surface area (Å²) in [7, 11) is 1.54. The van der Waals surface area contributed by atoms with Crippen molar-refractivity contribution in [3.05, 3.63) is 33.4 Å². The van der Waals surface area contributed by atoms with Gasteiger partial charge in [-0.05, 0) is 22.6 Å². The van der Waals surface area contributed by atoms with Crippen molar-refractivity contribution in [2.45, 2.75) is 0 Å². The zero-order valence-corrected chi connectivity index (χ0v) is 10.5. The third-order valence-electron chi connectivity index (χ3n) is 2.13. The molecule has 17 heavy (non-hydrogen) atoms. The van der Waals surface area contributed by atoms with Crippen molar-refractivity contribution in [1.82, 2.24) is 14.8 Å². The number of pyridine rings is 1. The van der Waals surface area contributed by atoms with E-state index < -0.39 is 29.1 Å². The summed E-state index contributed by atoms with van der Waals surface area (Å²) in [6.07, 6.45) is 1.13. The number of hydrogen-bond acceptors (Lipinski definition) is 2. The van der Waals surface area contributed by atoms with E-state index in [4.69, 9.17) is 0 Å². The van der Waals surface area contributed by atoms with Crippen LogP contribution in [0.3, 0.4) is 0 Å². The number of nitrogens with zero attached hydrogens (tertiary/aromatic N) is 3. The monoisotopic (exact) mass is 357 g/mol. The first-order chi connectivity index (χ1) is 7.93. The Hall–Kier alpha value is -1.19. The molecule has 0 aliphatic rings. The van der Waals surface area contributed by atoms with Gasteiger partial charge in [0.1, 0.15) is 3.70 Å². The van der Waals surface area contributed by atoms with Gasteiger partial charge in [0.15, 0.2) is 11.6 Å². The third kappa shape index (κ3) is 1.90. The number of aromatic nitrogens is 3. The second-order valence-electron chi connectivity index (χ2n) is 3.17. The maximum absolute atomic E-state index is 13.4. The highest BCUT2D eigenvalue weighted by atomic mass is 127. The van der Waals surface area contributed by atoms with Gasteiger partial charge in [-0.15, -0.1) is 0 Å². The highest BCUT2D eigenvalue weighted by molar-refractivity contribution is 14.1. The first kappa shape index (κ1) is 12.3. The minimum atomic E-state index is -1.68. The van der Waals surface area contributed by atoms with Gasteiger partial charge in [-0.1, -0.05) is 0 Å². The van der Waals surface area contributed by atoms with Crippen molar-refractivity contribution in [3.63, 3.8) is 0 Å². The number of aryl methyl sites for hydroxylation is 1. The van der Waals surface area contributed by atoms with E-state index in [1.165, 1.54) is 11.7 Å². The Bertz CT molecular complexity index is 570. The minimum absolute atomic E-state index is 0.0247. The zero-order valence-electron chi connectivity index (χ0n) is 8.31. The highest BCUT2D eigenvalue weighted by Gasteiger charge is 2.24. The molecular weight excluding hydrogens is 353 g/mol. The molecule has 0 amide bonds. The molecule has 0 aromatic carbocycles. The van der Waals surface area contributed by atoms with Crippen LogP contribution in [0.5, 0.6) is 0 Å². The molecule has 2 heterocycles. The van der Waals surface area contributed by atoms with Gasteiger partial charge in [0.05, 0.1) is 11.8 Å². The summed E-state index contributed by atoms with van der Waals surface area (Å²) in [5.41, 5.74) is -0.823. The molecule has 0 aliphatic carbocycles. The smallest absolute Gasteiger partial charge is 0.252 e. The van der Waals surface area contributed by atoms with E-state index in [9.17, 15) is 17.6 Å². The molecule has 0 saturated heterocycles. The van der Waals surface area contributed by atoms with Gasteiger partial charge in [-0.25, -0.2) is 8.78 Å². The average molecular weight is 357 g/mol. The topological polar surface area (TPSA) is 30.7 Å². The van der Waals surface area contributed by atoms with Gasteiger partial charge in [0, 0.05) is 12.6 Å². The second kappa shape index (κ2) is 4.24. The summed E-state index contributed by atoms with van der Waals surface area (Å²) in [5, 5.41) is 3.74. The molecule has 8 heteroatoms. The lowest BCUT2D eigenvalue weighted by atomic mass is 10.1. The molecule has 0 spiro atoms. The van der Waals surface area contributed by atoms with Crippen LogP contribution < -0.4 is 0 Å². The van der Waals surface area contributed by atoms with Crippen LogP contribution >= 0.6 is 22.6 Å². The molecule has 0 aliphatic heterocycles. The van der Waals surface area contributed by atoms with Crippen molar-refractivity contribution in [2.24, 2.45) is 7.05 Å². The van der Waals surface area contributed by atoms with Crippen LogP contribution in [0.4, 0.5) is 17.6 Å². The van der Waals surface area contributed by atoms with E-state index in [2.05, 4.69) is 10.1 Å². The number of halogens is 5. The molecule has 0 atom stereocenters. The maximum Gasteiger partial charge on any atom is 0.252 e. The predicted octanol–water partition coefficient (Wildman–Crippen LogP) is 2.64. The molecule has 0 fully saturated rings. The summed E-state index contributed by atoms with van der Waals surface area (Å²) in [4.78, 5) is 2.48. The molecule has 0 saturated carbocycles. The van der Waals surface area contributed by atoms with Crippen LogP contribution in [-0.4, -0.2) is 14.8 Å². The fourth-order valence-electron chi connectivity index (χ4n) is 1.31. The van der Waals surface area contributed by atoms with E-state index in [1.54, 1.807) is 22.6 Å². The summed E-state index contributed by atoms with van der Waals surface area (Å²) in [6, 6.07) is 0. The Morgan fingerprint density at radius 1 is 1.12 bits per heavy atom. The molecule has 0 N–H and O–H groups in total. The Labute approximate surface area is 107 Å². The molecule has 0 radical (unpaired) electrons. The lowest BCUT2D eigenvalue weighted by Gasteiger charge is -2.04. The summed E-state index contributed by atoms with van der Waals surface area (Å²) >= 11 is 1.76. The van der Waals surface area contributed by atoms with E-state index in [0.29, 0.717) is 3.70 Å². The maximum atomic E-state index is 13.4. The predicted molar refractivity (Wildman–Crippen MR) is 59.0 cm³/mol. The first-order valence-electron chi connectivity index (χ1n) is 4.31. The van der Waals surface area contributed by atoms with Crippen molar-refractivity contribution in [2.75, 3.05) is 0 Å². The van der Waals surface area contributed by atoms with Crippen LogP contribution in [0, 0.1) is 27.2 Å². The third-order valence-corrected chi connectivity index (χ3v) is 3.41. The first-order valence-corrected chi connectivity index (χ1v) is 5.39. The van der Waals surface area contributed by atoms with Crippen LogP contribution in [0.2, 0.25) is 0 Å². The molecule has 2 aromatic rings. The Morgan fingerprint density at radius 3 is 2.06 bits per heavy atom. The minimum Gasteiger partial charge on any atom is -0.262 e. The van der Waals surface area contributed by atoms with Crippen LogP contribution in [-0.2, 0) is 7.05 Å². The van der Waals surface area contributed by atoms with Crippen molar-refractivity contribution in [1.29, 1.82) is 0 Å². The SMILES string of the molecule is Cn1ncc(-c2c(F)c(F)nc(F)c2F)c1I. The molecule has 3 nitrogen and oxygen atoms in total. The largest absolute Gasteiger partial charge is 0.262 e. The standard InChI is InChI=1S/C9H4F4IN3/c1-17-9(14)3(2-15-17)4-5(10)7(12)16-8(13)6(4)11/h2H,1H3. The lowest BCUT2D eigenvalue weighted by Crippen LogP contribution is -2.03. The van der Waals surface area contributed by atoms with Crippen molar-refractivity contribution >= 4 is 22.6 Å². The Kier molecular flexibility index (Phi) is 3.06. The molecule has 0 unspecified atom stereocenters. The number of rotatable bonds is 1. The zero-order chi connectivity index (χ0) is 12.7. The van der Waals surface area contributed by atoms with Gasteiger partial charge in [0.25, 0.3) is 11.9 Å².